The Morgan fingerprint density at radius 2 is 1.74 bits per heavy atom. The molecule has 3 heteroatoms. The second kappa shape index (κ2) is 5.24. The van der Waals surface area contributed by atoms with Crippen molar-refractivity contribution >= 4 is 34.3 Å². The first-order valence-corrected chi connectivity index (χ1v) is 7.21. The second-order valence-corrected chi connectivity index (χ2v) is 5.88. The average Bonchev–Trinajstić information content (AvgIpc) is 2.41. The normalized spacial score (nSPS) is 10.8. The number of pyridine rings is 1. The van der Waals surface area contributed by atoms with Gasteiger partial charge in [0.05, 0.1) is 5.52 Å². The molecule has 0 spiro atoms. The third-order valence-electron chi connectivity index (χ3n) is 2.90. The summed E-state index contributed by atoms with van der Waals surface area (Å²) in [5.74, 6) is 0. The SMILES string of the molecule is Cc1ccc(Sc2cc(Cl)nc3ccccc23)cc1. The lowest BCUT2D eigenvalue weighted by atomic mass is 10.2. The highest BCUT2D eigenvalue weighted by atomic mass is 35.5. The van der Waals surface area contributed by atoms with Crippen LogP contribution in [-0.4, -0.2) is 4.98 Å². The highest BCUT2D eigenvalue weighted by molar-refractivity contribution is 7.99. The van der Waals surface area contributed by atoms with Crippen LogP contribution < -0.4 is 0 Å². The van der Waals surface area contributed by atoms with Crippen molar-refractivity contribution in [2.45, 2.75) is 16.7 Å². The summed E-state index contributed by atoms with van der Waals surface area (Å²) in [6.07, 6.45) is 0. The van der Waals surface area contributed by atoms with E-state index >= 15 is 0 Å². The summed E-state index contributed by atoms with van der Waals surface area (Å²) in [4.78, 5) is 6.69. The smallest absolute Gasteiger partial charge is 0.130 e. The standard InChI is InChI=1S/C16H12ClNS/c1-11-6-8-12(9-7-11)19-15-10-16(17)18-14-5-3-2-4-13(14)15/h2-10H,1H3. The summed E-state index contributed by atoms with van der Waals surface area (Å²) < 4.78 is 0. The van der Waals surface area contributed by atoms with Gasteiger partial charge < -0.3 is 0 Å². The third kappa shape index (κ3) is 2.75. The molecule has 0 fully saturated rings. The molecule has 0 saturated carbocycles. The Balaban J connectivity index is 2.07. The van der Waals surface area contributed by atoms with Crippen LogP contribution in [0.3, 0.4) is 0 Å². The van der Waals surface area contributed by atoms with Crippen LogP contribution in [0, 0.1) is 6.92 Å². The van der Waals surface area contributed by atoms with Gasteiger partial charge in [-0.1, -0.05) is 59.3 Å². The number of rotatable bonds is 2. The zero-order valence-electron chi connectivity index (χ0n) is 10.4. The number of halogens is 1. The van der Waals surface area contributed by atoms with E-state index in [4.69, 9.17) is 11.6 Å². The fraction of sp³-hybridized carbons (Fsp3) is 0.0625. The van der Waals surface area contributed by atoms with Crippen LogP contribution in [0.25, 0.3) is 10.9 Å². The predicted octanol–water partition coefficient (Wildman–Crippen LogP) is 5.35. The van der Waals surface area contributed by atoms with Crippen molar-refractivity contribution in [2.24, 2.45) is 0 Å². The molecular formula is C16H12ClNS. The minimum Gasteiger partial charge on any atom is -0.236 e. The van der Waals surface area contributed by atoms with Gasteiger partial charge in [0, 0.05) is 15.2 Å². The van der Waals surface area contributed by atoms with E-state index in [1.165, 1.54) is 10.5 Å². The van der Waals surface area contributed by atoms with Crippen molar-refractivity contribution in [2.75, 3.05) is 0 Å². The predicted molar refractivity (Wildman–Crippen MR) is 82.1 cm³/mol. The van der Waals surface area contributed by atoms with Gasteiger partial charge in [-0.05, 0) is 31.2 Å². The van der Waals surface area contributed by atoms with E-state index in [1.807, 2.05) is 24.3 Å². The van der Waals surface area contributed by atoms with Crippen molar-refractivity contribution in [1.82, 2.24) is 4.98 Å². The average molecular weight is 286 g/mol. The second-order valence-electron chi connectivity index (χ2n) is 4.38. The van der Waals surface area contributed by atoms with Crippen LogP contribution in [0.1, 0.15) is 5.56 Å². The van der Waals surface area contributed by atoms with E-state index < -0.39 is 0 Å². The van der Waals surface area contributed by atoms with Gasteiger partial charge in [-0.3, -0.25) is 0 Å². The highest BCUT2D eigenvalue weighted by Gasteiger charge is 2.06. The van der Waals surface area contributed by atoms with E-state index in [2.05, 4.69) is 42.2 Å². The molecule has 0 aliphatic heterocycles. The van der Waals surface area contributed by atoms with E-state index in [0.29, 0.717) is 5.15 Å². The molecule has 1 heterocycles. The maximum Gasteiger partial charge on any atom is 0.130 e. The highest BCUT2D eigenvalue weighted by Crippen LogP contribution is 2.34. The first-order chi connectivity index (χ1) is 9.22. The maximum atomic E-state index is 6.09. The Bertz CT molecular complexity index is 722. The Morgan fingerprint density at radius 1 is 1.00 bits per heavy atom. The van der Waals surface area contributed by atoms with Crippen molar-refractivity contribution in [3.63, 3.8) is 0 Å². The number of fused-ring (bicyclic) bond motifs is 1. The maximum absolute atomic E-state index is 6.09. The van der Waals surface area contributed by atoms with Gasteiger partial charge in [0.2, 0.25) is 0 Å². The molecule has 0 amide bonds. The third-order valence-corrected chi connectivity index (χ3v) is 4.15. The Morgan fingerprint density at radius 3 is 2.53 bits per heavy atom. The number of hydrogen-bond acceptors (Lipinski definition) is 2. The quantitative estimate of drug-likeness (QED) is 0.589. The van der Waals surface area contributed by atoms with Crippen LogP contribution in [-0.2, 0) is 0 Å². The van der Waals surface area contributed by atoms with E-state index in [1.54, 1.807) is 11.8 Å². The summed E-state index contributed by atoms with van der Waals surface area (Å²) in [5.41, 5.74) is 2.20. The molecule has 1 nitrogen and oxygen atoms in total. The van der Waals surface area contributed by atoms with Crippen LogP contribution in [0.15, 0.2) is 64.4 Å². The first kappa shape index (κ1) is 12.5. The minimum atomic E-state index is 0.535. The lowest BCUT2D eigenvalue weighted by Gasteiger charge is -2.07. The molecule has 3 aromatic rings. The number of hydrogen-bond donors (Lipinski definition) is 0. The fourth-order valence-corrected chi connectivity index (χ4v) is 3.17. The molecule has 0 aliphatic carbocycles. The number of para-hydroxylation sites is 1. The molecule has 0 aliphatic rings. The molecule has 0 N–H and O–H groups in total. The number of aromatic nitrogens is 1. The number of benzene rings is 2. The zero-order chi connectivity index (χ0) is 13.2. The molecule has 3 rings (SSSR count). The van der Waals surface area contributed by atoms with E-state index in [-0.39, 0.29) is 0 Å². The lowest BCUT2D eigenvalue weighted by Crippen LogP contribution is -1.83. The number of aryl methyl sites for hydroxylation is 1. The Kier molecular flexibility index (Phi) is 3.45. The van der Waals surface area contributed by atoms with E-state index in [0.717, 1.165) is 15.8 Å². The van der Waals surface area contributed by atoms with Gasteiger partial charge in [0.15, 0.2) is 0 Å². The monoisotopic (exact) mass is 285 g/mol. The molecular weight excluding hydrogens is 274 g/mol. The molecule has 0 bridgehead atoms. The van der Waals surface area contributed by atoms with Crippen molar-refractivity contribution in [3.8, 4) is 0 Å². The fourth-order valence-electron chi connectivity index (χ4n) is 1.93. The Labute approximate surface area is 121 Å². The van der Waals surface area contributed by atoms with Gasteiger partial charge in [-0.15, -0.1) is 0 Å². The van der Waals surface area contributed by atoms with Crippen molar-refractivity contribution < 1.29 is 0 Å². The van der Waals surface area contributed by atoms with Crippen LogP contribution in [0.4, 0.5) is 0 Å². The molecule has 0 unspecified atom stereocenters. The van der Waals surface area contributed by atoms with Crippen LogP contribution in [0.2, 0.25) is 5.15 Å². The van der Waals surface area contributed by atoms with Crippen LogP contribution >= 0.6 is 23.4 Å². The van der Waals surface area contributed by atoms with Gasteiger partial charge in [0.1, 0.15) is 5.15 Å². The topological polar surface area (TPSA) is 12.9 Å². The van der Waals surface area contributed by atoms with Gasteiger partial charge >= 0.3 is 0 Å². The summed E-state index contributed by atoms with van der Waals surface area (Å²) in [5, 5.41) is 1.67. The van der Waals surface area contributed by atoms with Gasteiger partial charge in [-0.2, -0.15) is 0 Å². The molecule has 2 aromatic carbocycles. The molecule has 1 aromatic heterocycles. The van der Waals surface area contributed by atoms with Crippen molar-refractivity contribution in [1.29, 1.82) is 0 Å². The van der Waals surface area contributed by atoms with E-state index in [9.17, 15) is 0 Å². The minimum absolute atomic E-state index is 0.535. The summed E-state index contributed by atoms with van der Waals surface area (Å²) >= 11 is 7.81. The van der Waals surface area contributed by atoms with Gasteiger partial charge in [0.25, 0.3) is 0 Å². The van der Waals surface area contributed by atoms with Gasteiger partial charge in [-0.25, -0.2) is 4.98 Å². The van der Waals surface area contributed by atoms with Crippen LogP contribution in [0.5, 0.6) is 0 Å². The first-order valence-electron chi connectivity index (χ1n) is 6.02. The van der Waals surface area contributed by atoms with Crippen molar-refractivity contribution in [3.05, 3.63) is 65.3 Å². The molecule has 0 radical (unpaired) electrons. The Hall–Kier alpha value is -1.51. The largest absolute Gasteiger partial charge is 0.236 e. The summed E-state index contributed by atoms with van der Waals surface area (Å²) in [6, 6.07) is 18.5. The molecule has 19 heavy (non-hydrogen) atoms. The molecule has 0 atom stereocenters. The number of nitrogens with zero attached hydrogens (tertiary/aromatic N) is 1. The molecule has 94 valence electrons. The lowest BCUT2D eigenvalue weighted by molar-refractivity contribution is 1.33. The molecule has 0 saturated heterocycles. The zero-order valence-corrected chi connectivity index (χ0v) is 12.0. The summed E-state index contributed by atoms with van der Waals surface area (Å²) in [7, 11) is 0. The summed E-state index contributed by atoms with van der Waals surface area (Å²) in [6.45, 7) is 2.09.